The van der Waals surface area contributed by atoms with Crippen LogP contribution in [0.4, 0.5) is 17.1 Å². The average Bonchev–Trinajstić information content (AvgIpc) is 3.92. The Hall–Kier alpha value is -8.14. The van der Waals surface area contributed by atoms with E-state index in [2.05, 4.69) is 108 Å². The minimum Gasteiger partial charge on any atom is -0.455 e. The van der Waals surface area contributed by atoms with Gasteiger partial charge in [0.1, 0.15) is 11.2 Å². The molecule has 0 fully saturated rings. The second-order valence-corrected chi connectivity index (χ2v) is 15.4. The highest BCUT2D eigenvalue weighted by Gasteiger charge is 2.22. The van der Waals surface area contributed by atoms with Crippen molar-refractivity contribution in [2.24, 2.45) is 0 Å². The van der Waals surface area contributed by atoms with Crippen molar-refractivity contribution in [2.45, 2.75) is 0 Å². The highest BCUT2D eigenvalue weighted by Crippen LogP contribution is 2.46. The van der Waals surface area contributed by atoms with Crippen LogP contribution in [0.15, 0.2) is 235 Å². The third-order valence-electron chi connectivity index (χ3n) is 11.8. The Morgan fingerprint density at radius 2 is 1.05 bits per heavy atom. The van der Waals surface area contributed by atoms with E-state index < -0.39 is 0 Å². The molecule has 0 aliphatic heterocycles. The molecule has 12 aromatic rings. The summed E-state index contributed by atoms with van der Waals surface area (Å²) < 4.78 is 47.8. The Labute approximate surface area is 359 Å². The molecule has 0 unspecified atom stereocenters. The molecule has 0 bridgehead atoms. The number of furan rings is 1. The van der Waals surface area contributed by atoms with Gasteiger partial charge in [-0.05, 0) is 105 Å². The van der Waals surface area contributed by atoms with E-state index in [0.717, 1.165) is 76.9 Å². The first kappa shape index (κ1) is 30.9. The Kier molecular flexibility index (Phi) is 7.24. The molecule has 0 N–H and O–H groups in total. The third kappa shape index (κ3) is 5.82. The van der Waals surface area contributed by atoms with Crippen molar-refractivity contribution in [3.63, 3.8) is 0 Å². The van der Waals surface area contributed by atoms with Crippen molar-refractivity contribution in [2.75, 3.05) is 4.90 Å². The lowest BCUT2D eigenvalue weighted by molar-refractivity contribution is 0.672. The number of anilines is 3. The second-order valence-electron chi connectivity index (χ2n) is 15.4. The maximum atomic E-state index is 9.81. The lowest BCUT2D eigenvalue weighted by atomic mass is 9.98. The molecule has 0 atom stereocenters. The van der Waals surface area contributed by atoms with E-state index in [9.17, 15) is 5.48 Å². The van der Waals surface area contributed by atoms with Gasteiger partial charge in [-0.25, -0.2) is 0 Å². The third-order valence-corrected chi connectivity index (χ3v) is 11.8. The largest absolute Gasteiger partial charge is 0.455 e. The standard InChI is InChI=1S/C58H38N2O/c1-3-14-39(15-4-1)40-28-30-41(31-29-40)42-32-35-46(36-33-42)59(54-26-13-27-55-57(54)51-37-34-43-16-7-8-21-49(43)58(51)61-55)47-20-11-17-44(38-47)48-23-12-25-53-56(48)50-22-9-10-24-52(50)60(53)45-18-5-2-6-19-45/h1-38H/i32D,33D,35D,36D. The van der Waals surface area contributed by atoms with Gasteiger partial charge in [0.15, 0.2) is 0 Å². The van der Waals surface area contributed by atoms with Crippen LogP contribution >= 0.6 is 0 Å². The van der Waals surface area contributed by atoms with Gasteiger partial charge in [0, 0.05) is 38.6 Å². The summed E-state index contributed by atoms with van der Waals surface area (Å²) in [6, 6.07) is 68.8. The zero-order chi connectivity index (χ0) is 43.8. The summed E-state index contributed by atoms with van der Waals surface area (Å²) in [7, 11) is 0. The minimum absolute atomic E-state index is 0.122. The second kappa shape index (κ2) is 14.3. The van der Waals surface area contributed by atoms with Crippen molar-refractivity contribution < 1.29 is 9.90 Å². The van der Waals surface area contributed by atoms with Gasteiger partial charge >= 0.3 is 0 Å². The van der Waals surface area contributed by atoms with E-state index >= 15 is 0 Å². The summed E-state index contributed by atoms with van der Waals surface area (Å²) in [6.45, 7) is 0. The number of aromatic nitrogens is 1. The highest BCUT2D eigenvalue weighted by atomic mass is 16.3. The van der Waals surface area contributed by atoms with E-state index in [-0.39, 0.29) is 35.4 Å². The Morgan fingerprint density at radius 3 is 1.87 bits per heavy atom. The Morgan fingerprint density at radius 1 is 0.410 bits per heavy atom. The summed E-state index contributed by atoms with van der Waals surface area (Å²) in [4.78, 5) is 1.90. The van der Waals surface area contributed by atoms with Gasteiger partial charge in [-0.2, -0.15) is 0 Å². The molecule has 286 valence electrons. The summed E-state index contributed by atoms with van der Waals surface area (Å²) in [6.07, 6.45) is 0. The maximum absolute atomic E-state index is 9.81. The monoisotopic (exact) mass is 782 g/mol. The molecule has 2 heterocycles. The van der Waals surface area contributed by atoms with Gasteiger partial charge in [-0.3, -0.25) is 0 Å². The van der Waals surface area contributed by atoms with Crippen LogP contribution in [-0.4, -0.2) is 4.57 Å². The number of rotatable bonds is 7. The Balaban J connectivity index is 1.10. The van der Waals surface area contributed by atoms with Crippen molar-refractivity contribution >= 4 is 71.6 Å². The van der Waals surface area contributed by atoms with Gasteiger partial charge < -0.3 is 13.9 Å². The first-order valence-electron chi connectivity index (χ1n) is 22.5. The van der Waals surface area contributed by atoms with Crippen LogP contribution in [-0.2, 0) is 0 Å². The maximum Gasteiger partial charge on any atom is 0.143 e. The number of benzene rings is 10. The molecule has 2 aromatic heterocycles. The molecule has 3 nitrogen and oxygen atoms in total. The van der Waals surface area contributed by atoms with E-state index in [1.54, 1.807) is 0 Å². The predicted molar refractivity (Wildman–Crippen MR) is 257 cm³/mol. The van der Waals surface area contributed by atoms with E-state index in [1.165, 1.54) is 0 Å². The normalized spacial score (nSPS) is 12.5. The first-order chi connectivity index (χ1) is 31.9. The molecule has 61 heavy (non-hydrogen) atoms. The van der Waals surface area contributed by atoms with Crippen LogP contribution in [0.3, 0.4) is 0 Å². The zero-order valence-corrected chi connectivity index (χ0v) is 32.9. The molecule has 0 aliphatic rings. The van der Waals surface area contributed by atoms with Crippen molar-refractivity contribution in [3.05, 3.63) is 230 Å². The van der Waals surface area contributed by atoms with Crippen molar-refractivity contribution in [1.82, 2.24) is 4.57 Å². The lowest BCUT2D eigenvalue weighted by Crippen LogP contribution is -2.10. The molecule has 0 radical (unpaired) electrons. The molecule has 0 saturated heterocycles. The van der Waals surface area contributed by atoms with Crippen molar-refractivity contribution in [3.8, 4) is 39.1 Å². The van der Waals surface area contributed by atoms with Gasteiger partial charge in [0.05, 0.1) is 27.6 Å². The molecule has 0 spiro atoms. The number of nitrogens with zero attached hydrogens (tertiary/aromatic N) is 2. The molecule has 3 heteroatoms. The zero-order valence-electron chi connectivity index (χ0n) is 36.9. The predicted octanol–water partition coefficient (Wildman–Crippen LogP) is 16.3. The van der Waals surface area contributed by atoms with Crippen LogP contribution in [0, 0.1) is 0 Å². The van der Waals surface area contributed by atoms with Gasteiger partial charge in [-0.1, -0.05) is 164 Å². The fourth-order valence-corrected chi connectivity index (χ4v) is 9.06. The SMILES string of the molecule is [2H]c1c([2H])c(N(c2cccc(-c3cccc4c3c3ccccc3n4-c3ccccc3)c2)c2cccc3oc4c5ccccc5ccc4c23)c([2H])c([2H])c1-c1ccc(-c2ccccc2)cc1. The topological polar surface area (TPSA) is 21.3 Å². The van der Waals surface area contributed by atoms with Gasteiger partial charge in [0.2, 0.25) is 0 Å². The number of hydrogen-bond acceptors (Lipinski definition) is 2. The Bertz CT molecular complexity index is 3790. The van der Waals surface area contributed by atoms with E-state index in [0.29, 0.717) is 22.5 Å². The van der Waals surface area contributed by atoms with Gasteiger partial charge in [-0.15, -0.1) is 0 Å². The summed E-state index contributed by atoms with van der Waals surface area (Å²) >= 11 is 0. The lowest BCUT2D eigenvalue weighted by Gasteiger charge is -2.27. The molecule has 12 rings (SSSR count). The van der Waals surface area contributed by atoms with Crippen LogP contribution in [0.5, 0.6) is 0 Å². The summed E-state index contributed by atoms with van der Waals surface area (Å²) in [5, 5.41) is 5.97. The summed E-state index contributed by atoms with van der Waals surface area (Å²) in [5.74, 6) is 0. The molecular weight excluding hydrogens is 741 g/mol. The van der Waals surface area contributed by atoms with Crippen LogP contribution in [0.1, 0.15) is 5.48 Å². The van der Waals surface area contributed by atoms with Crippen LogP contribution < -0.4 is 4.90 Å². The summed E-state index contributed by atoms with van der Waals surface area (Å²) in [5.41, 5.74) is 11.0. The number of fused-ring (bicyclic) bond motifs is 8. The van der Waals surface area contributed by atoms with E-state index in [4.69, 9.17) is 4.42 Å². The molecule has 0 amide bonds. The first-order valence-corrected chi connectivity index (χ1v) is 20.5. The van der Waals surface area contributed by atoms with Crippen molar-refractivity contribution in [1.29, 1.82) is 0 Å². The fraction of sp³-hybridized carbons (Fsp3) is 0. The molecular formula is C58H38N2O. The van der Waals surface area contributed by atoms with Crippen LogP contribution in [0.25, 0.3) is 93.6 Å². The minimum atomic E-state index is -0.151. The fourth-order valence-electron chi connectivity index (χ4n) is 9.06. The quantitative estimate of drug-likeness (QED) is 0.161. The smallest absolute Gasteiger partial charge is 0.143 e. The highest BCUT2D eigenvalue weighted by molar-refractivity contribution is 6.20. The number of para-hydroxylation sites is 2. The van der Waals surface area contributed by atoms with Crippen LogP contribution in [0.2, 0.25) is 0 Å². The van der Waals surface area contributed by atoms with Gasteiger partial charge in [0.25, 0.3) is 0 Å². The average molecular weight is 783 g/mol. The molecule has 10 aromatic carbocycles. The molecule has 0 aliphatic carbocycles. The van der Waals surface area contributed by atoms with E-state index in [1.807, 2.05) is 108 Å². The molecule has 0 saturated carbocycles. The number of hydrogen-bond donors (Lipinski definition) is 0.